The van der Waals surface area contributed by atoms with Crippen molar-refractivity contribution in [1.82, 2.24) is 9.78 Å². The molecule has 0 aliphatic carbocycles. The third-order valence-electron chi connectivity index (χ3n) is 2.43. The van der Waals surface area contributed by atoms with Gasteiger partial charge < -0.3 is 5.73 Å². The van der Waals surface area contributed by atoms with Crippen LogP contribution in [-0.4, -0.2) is 9.78 Å². The van der Waals surface area contributed by atoms with Crippen molar-refractivity contribution >= 4 is 17.6 Å². The highest BCUT2D eigenvalue weighted by molar-refractivity contribution is 8.03. The number of rotatable bonds is 2. The largest absolute Gasteiger partial charge is 0.383 e. The number of nitriles is 1. The third-order valence-corrected chi connectivity index (χ3v) is 3.23. The Morgan fingerprint density at radius 1 is 1.41 bits per heavy atom. The van der Waals surface area contributed by atoms with Crippen LogP contribution in [0.3, 0.4) is 0 Å². The number of thiocyanates is 1. The van der Waals surface area contributed by atoms with Gasteiger partial charge in [0.1, 0.15) is 11.2 Å². The van der Waals surface area contributed by atoms with Gasteiger partial charge in [-0.05, 0) is 43.3 Å². The topological polar surface area (TPSA) is 67.6 Å². The van der Waals surface area contributed by atoms with Gasteiger partial charge in [-0.15, -0.1) is 0 Å². The lowest BCUT2D eigenvalue weighted by Gasteiger charge is -2.04. The van der Waals surface area contributed by atoms with Gasteiger partial charge in [0.05, 0.1) is 16.3 Å². The van der Waals surface area contributed by atoms with Crippen LogP contribution in [0.15, 0.2) is 29.2 Å². The summed E-state index contributed by atoms with van der Waals surface area (Å²) >= 11 is 1.05. The number of anilines is 1. The Hall–Kier alpha value is -1.93. The molecule has 0 radical (unpaired) electrons. The fraction of sp³-hybridized carbons (Fsp3) is 0.167. The summed E-state index contributed by atoms with van der Waals surface area (Å²) in [6.07, 6.45) is 0. The van der Waals surface area contributed by atoms with Crippen molar-refractivity contribution in [2.45, 2.75) is 18.7 Å². The number of benzene rings is 1. The molecule has 17 heavy (non-hydrogen) atoms. The Morgan fingerprint density at radius 2 is 2.18 bits per heavy atom. The normalized spacial score (nSPS) is 10.2. The van der Waals surface area contributed by atoms with Gasteiger partial charge >= 0.3 is 0 Å². The number of nitrogens with zero attached hydrogens (tertiary/aromatic N) is 3. The van der Waals surface area contributed by atoms with E-state index in [1.807, 2.05) is 43.5 Å². The average molecular weight is 244 g/mol. The van der Waals surface area contributed by atoms with Crippen LogP contribution < -0.4 is 5.73 Å². The number of nitrogen functional groups attached to an aromatic ring is 1. The average Bonchev–Trinajstić information content (AvgIpc) is 2.57. The summed E-state index contributed by atoms with van der Waals surface area (Å²) in [5.41, 5.74) is 8.83. The molecule has 86 valence electrons. The summed E-state index contributed by atoms with van der Waals surface area (Å²) < 4.78 is 1.67. The first kappa shape index (κ1) is 11.6. The lowest BCUT2D eigenvalue weighted by molar-refractivity contribution is 0.871. The van der Waals surface area contributed by atoms with Gasteiger partial charge in [-0.1, -0.05) is 12.1 Å². The van der Waals surface area contributed by atoms with Crippen LogP contribution in [0.4, 0.5) is 5.82 Å². The van der Waals surface area contributed by atoms with E-state index in [9.17, 15) is 0 Å². The standard InChI is InChI=1S/C12H12N4S/c1-8-4-3-5-10(6-8)16-12(14)11(17-7-13)9(2)15-16/h3-6H,14H2,1-2H3. The number of hydrogen-bond donors (Lipinski definition) is 1. The molecule has 0 saturated carbocycles. The zero-order valence-electron chi connectivity index (χ0n) is 9.64. The Morgan fingerprint density at radius 3 is 2.82 bits per heavy atom. The first-order valence-electron chi connectivity index (χ1n) is 5.11. The monoisotopic (exact) mass is 244 g/mol. The molecule has 1 aromatic carbocycles. The van der Waals surface area contributed by atoms with Crippen molar-refractivity contribution in [1.29, 1.82) is 5.26 Å². The van der Waals surface area contributed by atoms with Gasteiger partial charge in [0, 0.05) is 0 Å². The Labute approximate surface area is 104 Å². The summed E-state index contributed by atoms with van der Waals surface area (Å²) in [7, 11) is 0. The molecule has 0 bridgehead atoms. The molecule has 5 heteroatoms. The van der Waals surface area contributed by atoms with Crippen LogP contribution in [0.25, 0.3) is 5.69 Å². The zero-order chi connectivity index (χ0) is 12.4. The fourth-order valence-corrected chi connectivity index (χ4v) is 2.13. The summed E-state index contributed by atoms with van der Waals surface area (Å²) in [6, 6.07) is 7.92. The second kappa shape index (κ2) is 4.52. The predicted octanol–water partition coefficient (Wildman–Crippen LogP) is 2.64. The summed E-state index contributed by atoms with van der Waals surface area (Å²) in [4.78, 5) is 0.731. The smallest absolute Gasteiger partial charge is 0.142 e. The fourth-order valence-electron chi connectivity index (χ4n) is 1.66. The Bertz CT molecular complexity index is 595. The number of nitrogens with two attached hydrogens (primary N) is 1. The first-order chi connectivity index (χ1) is 8.13. The van der Waals surface area contributed by atoms with E-state index in [4.69, 9.17) is 11.0 Å². The molecule has 0 atom stereocenters. The maximum atomic E-state index is 8.71. The molecule has 0 aliphatic rings. The highest BCUT2D eigenvalue weighted by Crippen LogP contribution is 2.29. The molecule has 2 rings (SSSR count). The van der Waals surface area contributed by atoms with Crippen LogP contribution in [0, 0.1) is 24.5 Å². The molecule has 0 aliphatic heterocycles. The molecule has 0 amide bonds. The SMILES string of the molecule is Cc1cccc(-n2nc(C)c(SC#N)c2N)c1. The van der Waals surface area contributed by atoms with Crippen molar-refractivity contribution in [3.05, 3.63) is 35.5 Å². The molecule has 2 aromatic rings. The van der Waals surface area contributed by atoms with E-state index in [-0.39, 0.29) is 0 Å². The molecule has 0 unspecified atom stereocenters. The lowest BCUT2D eigenvalue weighted by atomic mass is 10.2. The highest BCUT2D eigenvalue weighted by Gasteiger charge is 2.14. The van der Waals surface area contributed by atoms with Crippen LogP contribution in [0.5, 0.6) is 0 Å². The van der Waals surface area contributed by atoms with E-state index in [0.717, 1.165) is 33.6 Å². The molecular formula is C12H12N4S. The quantitative estimate of drug-likeness (QED) is 0.651. The van der Waals surface area contributed by atoms with Gasteiger partial charge in [-0.2, -0.15) is 10.4 Å². The number of aryl methyl sites for hydroxylation is 2. The molecule has 0 fully saturated rings. The first-order valence-corrected chi connectivity index (χ1v) is 5.93. The molecule has 1 aromatic heterocycles. The van der Waals surface area contributed by atoms with Gasteiger partial charge in [0.15, 0.2) is 0 Å². The van der Waals surface area contributed by atoms with Crippen LogP contribution in [0.1, 0.15) is 11.3 Å². The third kappa shape index (κ3) is 2.12. The van der Waals surface area contributed by atoms with Crippen molar-refractivity contribution < 1.29 is 0 Å². The van der Waals surface area contributed by atoms with Gasteiger partial charge in [0.2, 0.25) is 0 Å². The predicted molar refractivity (Wildman–Crippen MR) is 68.9 cm³/mol. The molecular weight excluding hydrogens is 232 g/mol. The number of thioether (sulfide) groups is 1. The second-order valence-electron chi connectivity index (χ2n) is 3.74. The Balaban J connectivity index is 2.54. The van der Waals surface area contributed by atoms with E-state index >= 15 is 0 Å². The summed E-state index contributed by atoms with van der Waals surface area (Å²) in [5, 5.41) is 15.1. The van der Waals surface area contributed by atoms with Gasteiger partial charge in [-0.3, -0.25) is 0 Å². The maximum Gasteiger partial charge on any atom is 0.142 e. The van der Waals surface area contributed by atoms with Crippen LogP contribution >= 0.6 is 11.8 Å². The molecule has 1 heterocycles. The zero-order valence-corrected chi connectivity index (χ0v) is 10.5. The Kier molecular flexibility index (Phi) is 3.07. The van der Waals surface area contributed by atoms with Crippen molar-refractivity contribution in [3.63, 3.8) is 0 Å². The maximum absolute atomic E-state index is 8.71. The highest BCUT2D eigenvalue weighted by atomic mass is 32.2. The van der Waals surface area contributed by atoms with Crippen molar-refractivity contribution in [3.8, 4) is 11.1 Å². The van der Waals surface area contributed by atoms with Crippen LogP contribution in [0.2, 0.25) is 0 Å². The minimum Gasteiger partial charge on any atom is -0.383 e. The molecule has 2 N–H and O–H groups in total. The van der Waals surface area contributed by atoms with Crippen molar-refractivity contribution in [2.75, 3.05) is 5.73 Å². The molecule has 4 nitrogen and oxygen atoms in total. The minimum absolute atomic E-state index is 0.514. The molecule has 0 saturated heterocycles. The summed E-state index contributed by atoms with van der Waals surface area (Å²) in [6.45, 7) is 3.86. The molecule has 0 spiro atoms. The van der Waals surface area contributed by atoms with E-state index in [0.29, 0.717) is 5.82 Å². The summed E-state index contributed by atoms with van der Waals surface area (Å²) in [5.74, 6) is 0.514. The van der Waals surface area contributed by atoms with E-state index < -0.39 is 0 Å². The lowest BCUT2D eigenvalue weighted by Crippen LogP contribution is -2.02. The van der Waals surface area contributed by atoms with Crippen LogP contribution in [-0.2, 0) is 0 Å². The van der Waals surface area contributed by atoms with Gasteiger partial charge in [-0.25, -0.2) is 4.68 Å². The van der Waals surface area contributed by atoms with Crippen molar-refractivity contribution in [2.24, 2.45) is 0 Å². The van der Waals surface area contributed by atoms with E-state index in [2.05, 4.69) is 5.10 Å². The van der Waals surface area contributed by atoms with Gasteiger partial charge in [0.25, 0.3) is 0 Å². The number of aromatic nitrogens is 2. The number of hydrogen-bond acceptors (Lipinski definition) is 4. The van der Waals surface area contributed by atoms with E-state index in [1.165, 1.54) is 0 Å². The van der Waals surface area contributed by atoms with E-state index in [1.54, 1.807) is 4.68 Å². The second-order valence-corrected chi connectivity index (χ2v) is 4.54. The minimum atomic E-state index is 0.514.